The summed E-state index contributed by atoms with van der Waals surface area (Å²) in [6.07, 6.45) is 7.11. The van der Waals surface area contributed by atoms with Crippen molar-refractivity contribution < 1.29 is 0 Å². The van der Waals surface area contributed by atoms with Gasteiger partial charge in [-0.3, -0.25) is 0 Å². The number of nitrogens with zero attached hydrogens (tertiary/aromatic N) is 2. The molecular formula is C10H13BrClN3. The molecule has 1 aliphatic rings. The van der Waals surface area contributed by atoms with Crippen LogP contribution < -0.4 is 5.32 Å². The number of nitrogens with one attached hydrogen (secondary N) is 1. The summed E-state index contributed by atoms with van der Waals surface area (Å²) in [7, 11) is 0. The molecule has 5 heteroatoms. The van der Waals surface area contributed by atoms with Crippen LogP contribution in [0.2, 0.25) is 0 Å². The molecule has 0 aromatic carbocycles. The van der Waals surface area contributed by atoms with Crippen molar-refractivity contribution in [3.05, 3.63) is 16.9 Å². The van der Waals surface area contributed by atoms with E-state index in [2.05, 4.69) is 31.2 Å². The maximum atomic E-state index is 5.76. The smallest absolute Gasteiger partial charge is 0.222 e. The third-order valence-corrected chi connectivity index (χ3v) is 3.42. The number of rotatable bonds is 5. The summed E-state index contributed by atoms with van der Waals surface area (Å²) in [4.78, 5) is 8.33. The Labute approximate surface area is 103 Å². The van der Waals surface area contributed by atoms with Crippen LogP contribution in [0.15, 0.2) is 16.9 Å². The van der Waals surface area contributed by atoms with Crippen molar-refractivity contribution in [1.29, 1.82) is 0 Å². The molecule has 1 aromatic heterocycles. The van der Waals surface area contributed by atoms with E-state index in [9.17, 15) is 0 Å². The molecule has 1 aromatic rings. The quantitative estimate of drug-likeness (QED) is 0.847. The van der Waals surface area contributed by atoms with Crippen molar-refractivity contribution in [3.8, 4) is 0 Å². The van der Waals surface area contributed by atoms with E-state index in [0.717, 1.165) is 23.3 Å². The normalized spacial score (nSPS) is 17.5. The van der Waals surface area contributed by atoms with Gasteiger partial charge in [-0.05, 0) is 40.6 Å². The monoisotopic (exact) mass is 289 g/mol. The average Bonchev–Trinajstić information content (AvgIpc) is 2.99. The van der Waals surface area contributed by atoms with Crippen LogP contribution in [0.5, 0.6) is 0 Å². The van der Waals surface area contributed by atoms with Gasteiger partial charge in [0.15, 0.2) is 0 Å². The Morgan fingerprint density at radius 3 is 2.60 bits per heavy atom. The van der Waals surface area contributed by atoms with Crippen LogP contribution in [0.4, 0.5) is 5.95 Å². The van der Waals surface area contributed by atoms with E-state index in [1.165, 1.54) is 12.8 Å². The minimum Gasteiger partial charge on any atom is -0.354 e. The minimum atomic E-state index is 0.415. The molecule has 1 N–H and O–H groups in total. The van der Waals surface area contributed by atoms with Crippen LogP contribution in [0.3, 0.4) is 0 Å². The summed E-state index contributed by atoms with van der Waals surface area (Å²) in [5.41, 5.74) is 0.415. The second-order valence-electron chi connectivity index (χ2n) is 4.02. The van der Waals surface area contributed by atoms with Crippen molar-refractivity contribution in [2.75, 3.05) is 17.7 Å². The van der Waals surface area contributed by atoms with Crippen LogP contribution in [0, 0.1) is 5.41 Å². The lowest BCUT2D eigenvalue weighted by Gasteiger charge is -2.13. The lowest BCUT2D eigenvalue weighted by molar-refractivity contribution is 0.523. The van der Waals surface area contributed by atoms with Crippen molar-refractivity contribution in [1.82, 2.24) is 9.97 Å². The zero-order valence-corrected chi connectivity index (χ0v) is 10.7. The van der Waals surface area contributed by atoms with E-state index < -0.39 is 0 Å². The number of anilines is 1. The SMILES string of the molecule is ClCCC1(CNc2ncc(Br)cn2)CC1. The van der Waals surface area contributed by atoms with Gasteiger partial charge in [-0.25, -0.2) is 9.97 Å². The largest absolute Gasteiger partial charge is 0.354 e. The van der Waals surface area contributed by atoms with Crippen LogP contribution in [-0.2, 0) is 0 Å². The number of aromatic nitrogens is 2. The predicted molar refractivity (Wildman–Crippen MR) is 65.2 cm³/mol. The molecule has 1 aliphatic carbocycles. The van der Waals surface area contributed by atoms with Gasteiger partial charge in [0.05, 0.1) is 4.47 Å². The summed E-state index contributed by atoms with van der Waals surface area (Å²) < 4.78 is 0.898. The molecule has 2 rings (SSSR count). The first-order chi connectivity index (χ1) is 7.24. The molecule has 15 heavy (non-hydrogen) atoms. The third kappa shape index (κ3) is 3.05. The fourth-order valence-electron chi connectivity index (χ4n) is 1.56. The average molecular weight is 291 g/mol. The summed E-state index contributed by atoms with van der Waals surface area (Å²) in [6.45, 7) is 0.932. The van der Waals surface area contributed by atoms with Gasteiger partial charge in [0.2, 0.25) is 5.95 Å². The summed E-state index contributed by atoms with van der Waals surface area (Å²) in [5, 5.41) is 3.26. The first-order valence-electron chi connectivity index (χ1n) is 5.01. The van der Waals surface area contributed by atoms with Gasteiger partial charge in [-0.1, -0.05) is 0 Å². The van der Waals surface area contributed by atoms with Crippen molar-refractivity contribution in [3.63, 3.8) is 0 Å². The van der Waals surface area contributed by atoms with Crippen molar-refractivity contribution >= 4 is 33.5 Å². The van der Waals surface area contributed by atoms with E-state index in [4.69, 9.17) is 11.6 Å². The summed E-state index contributed by atoms with van der Waals surface area (Å²) >= 11 is 9.07. The van der Waals surface area contributed by atoms with Gasteiger partial charge in [0.1, 0.15) is 0 Å². The Morgan fingerprint density at radius 2 is 2.07 bits per heavy atom. The van der Waals surface area contributed by atoms with Gasteiger partial charge in [-0.15, -0.1) is 11.6 Å². The molecular weight excluding hydrogens is 277 g/mol. The molecule has 1 saturated carbocycles. The van der Waals surface area contributed by atoms with E-state index in [1.807, 2.05) is 0 Å². The zero-order valence-electron chi connectivity index (χ0n) is 8.34. The molecule has 0 aliphatic heterocycles. The highest BCUT2D eigenvalue weighted by Gasteiger charge is 2.41. The highest BCUT2D eigenvalue weighted by atomic mass is 79.9. The molecule has 0 spiro atoms. The van der Waals surface area contributed by atoms with Crippen molar-refractivity contribution in [2.24, 2.45) is 5.41 Å². The van der Waals surface area contributed by atoms with E-state index in [1.54, 1.807) is 12.4 Å². The Balaban J connectivity index is 1.85. The first kappa shape index (κ1) is 11.1. The lowest BCUT2D eigenvalue weighted by atomic mass is 10.0. The predicted octanol–water partition coefficient (Wildman–Crippen LogP) is 3.06. The number of hydrogen-bond donors (Lipinski definition) is 1. The fourth-order valence-corrected chi connectivity index (χ4v) is 2.17. The molecule has 0 amide bonds. The highest BCUT2D eigenvalue weighted by Crippen LogP contribution is 2.48. The maximum absolute atomic E-state index is 5.76. The van der Waals surface area contributed by atoms with Crippen LogP contribution in [-0.4, -0.2) is 22.4 Å². The van der Waals surface area contributed by atoms with Crippen molar-refractivity contribution in [2.45, 2.75) is 19.3 Å². The zero-order chi connectivity index (χ0) is 10.7. The Morgan fingerprint density at radius 1 is 1.40 bits per heavy atom. The maximum Gasteiger partial charge on any atom is 0.222 e. The molecule has 82 valence electrons. The minimum absolute atomic E-state index is 0.415. The lowest BCUT2D eigenvalue weighted by Crippen LogP contribution is -2.17. The molecule has 3 nitrogen and oxygen atoms in total. The van der Waals surface area contributed by atoms with Crippen LogP contribution >= 0.6 is 27.5 Å². The standard InChI is InChI=1S/C10H13BrClN3/c11-8-5-13-9(14-6-8)15-7-10(1-2-10)3-4-12/h5-6H,1-4,7H2,(H,13,14,15). The molecule has 1 heterocycles. The van der Waals surface area contributed by atoms with Gasteiger partial charge in [-0.2, -0.15) is 0 Å². The summed E-state index contributed by atoms with van der Waals surface area (Å²) in [6, 6.07) is 0. The molecule has 0 atom stereocenters. The Kier molecular flexibility index (Phi) is 3.46. The second-order valence-corrected chi connectivity index (χ2v) is 5.31. The third-order valence-electron chi connectivity index (χ3n) is 2.82. The van der Waals surface area contributed by atoms with Crippen LogP contribution in [0.25, 0.3) is 0 Å². The number of alkyl halides is 1. The van der Waals surface area contributed by atoms with Gasteiger partial charge >= 0.3 is 0 Å². The molecule has 0 radical (unpaired) electrons. The number of hydrogen-bond acceptors (Lipinski definition) is 3. The Hall–Kier alpha value is -0.350. The van der Waals surface area contributed by atoms with E-state index >= 15 is 0 Å². The first-order valence-corrected chi connectivity index (χ1v) is 6.34. The molecule has 0 bridgehead atoms. The molecule has 0 saturated heterocycles. The number of halogens is 2. The fraction of sp³-hybridized carbons (Fsp3) is 0.600. The molecule has 0 unspecified atom stereocenters. The van der Waals surface area contributed by atoms with Gasteiger partial charge < -0.3 is 5.32 Å². The highest BCUT2D eigenvalue weighted by molar-refractivity contribution is 9.10. The Bertz CT molecular complexity index is 324. The van der Waals surface area contributed by atoms with E-state index in [0.29, 0.717) is 11.4 Å². The molecule has 1 fully saturated rings. The van der Waals surface area contributed by atoms with Gasteiger partial charge in [0, 0.05) is 24.8 Å². The van der Waals surface area contributed by atoms with Gasteiger partial charge in [0.25, 0.3) is 0 Å². The second kappa shape index (κ2) is 4.66. The topological polar surface area (TPSA) is 37.8 Å². The van der Waals surface area contributed by atoms with E-state index in [-0.39, 0.29) is 0 Å². The summed E-state index contributed by atoms with van der Waals surface area (Å²) in [5.74, 6) is 1.43. The van der Waals surface area contributed by atoms with Crippen LogP contribution in [0.1, 0.15) is 19.3 Å².